The summed E-state index contributed by atoms with van der Waals surface area (Å²) in [6.45, 7) is 4.67. The number of hydrogen-bond acceptors (Lipinski definition) is 1. The minimum Gasteiger partial charge on any atom is -0.481 e. The molecule has 4 unspecified atom stereocenters. The average molecular weight is 194 g/mol. The minimum atomic E-state index is -0.550. The molecule has 0 aromatic rings. The number of carbonyl (C=O) groups is 1. The van der Waals surface area contributed by atoms with Crippen LogP contribution in [0.2, 0.25) is 0 Å². The third-order valence-corrected chi connectivity index (χ3v) is 5.54. The van der Waals surface area contributed by atoms with Gasteiger partial charge < -0.3 is 5.11 Å². The van der Waals surface area contributed by atoms with Gasteiger partial charge in [-0.1, -0.05) is 13.8 Å². The van der Waals surface area contributed by atoms with E-state index in [-0.39, 0.29) is 11.3 Å². The first kappa shape index (κ1) is 8.75. The van der Waals surface area contributed by atoms with Gasteiger partial charge in [-0.15, -0.1) is 0 Å². The zero-order valence-corrected chi connectivity index (χ0v) is 8.92. The number of carboxylic acid groups (broad SMARTS) is 1. The van der Waals surface area contributed by atoms with Crippen molar-refractivity contribution in [1.82, 2.24) is 0 Å². The van der Waals surface area contributed by atoms with Gasteiger partial charge in [0.25, 0.3) is 0 Å². The van der Waals surface area contributed by atoms with Gasteiger partial charge in [0.2, 0.25) is 0 Å². The van der Waals surface area contributed by atoms with E-state index < -0.39 is 5.97 Å². The average Bonchev–Trinajstić information content (AvgIpc) is 2.79. The molecule has 4 atom stereocenters. The summed E-state index contributed by atoms with van der Waals surface area (Å²) >= 11 is 0. The summed E-state index contributed by atoms with van der Waals surface area (Å²) in [5.41, 5.74) is 0.659. The van der Waals surface area contributed by atoms with Crippen molar-refractivity contribution in [3.63, 3.8) is 0 Å². The lowest BCUT2D eigenvalue weighted by atomic mass is 9.44. The molecule has 4 fully saturated rings. The summed E-state index contributed by atoms with van der Waals surface area (Å²) < 4.78 is 0. The molecular weight excluding hydrogens is 176 g/mol. The fourth-order valence-corrected chi connectivity index (χ4v) is 4.41. The molecule has 0 aliphatic heterocycles. The fourth-order valence-electron chi connectivity index (χ4n) is 4.41. The molecule has 0 aromatic heterocycles. The van der Waals surface area contributed by atoms with Gasteiger partial charge in [0.05, 0.1) is 5.92 Å². The summed E-state index contributed by atoms with van der Waals surface area (Å²) in [5, 5.41) is 9.08. The van der Waals surface area contributed by atoms with Gasteiger partial charge in [0.15, 0.2) is 0 Å². The van der Waals surface area contributed by atoms with Gasteiger partial charge >= 0.3 is 5.97 Å². The molecule has 0 aromatic carbocycles. The van der Waals surface area contributed by atoms with E-state index in [2.05, 4.69) is 13.8 Å². The van der Waals surface area contributed by atoms with Crippen molar-refractivity contribution >= 4 is 5.97 Å². The van der Waals surface area contributed by atoms with E-state index in [0.29, 0.717) is 11.3 Å². The molecule has 78 valence electrons. The Bertz CT molecular complexity index is 305. The van der Waals surface area contributed by atoms with Crippen LogP contribution in [0.1, 0.15) is 39.5 Å². The third-order valence-electron chi connectivity index (χ3n) is 5.54. The molecule has 14 heavy (non-hydrogen) atoms. The second kappa shape index (κ2) is 2.17. The van der Waals surface area contributed by atoms with Crippen molar-refractivity contribution in [2.75, 3.05) is 0 Å². The summed E-state index contributed by atoms with van der Waals surface area (Å²) in [7, 11) is 0. The van der Waals surface area contributed by atoms with Gasteiger partial charge in [-0.05, 0) is 48.3 Å². The molecule has 1 N–H and O–H groups in total. The number of carboxylic acids is 1. The van der Waals surface area contributed by atoms with Gasteiger partial charge in [-0.3, -0.25) is 4.79 Å². The van der Waals surface area contributed by atoms with E-state index in [1.165, 1.54) is 19.3 Å². The van der Waals surface area contributed by atoms with E-state index >= 15 is 0 Å². The maximum atomic E-state index is 11.0. The minimum absolute atomic E-state index is 0.00646. The Morgan fingerprint density at radius 2 is 2.14 bits per heavy atom. The third kappa shape index (κ3) is 0.768. The molecule has 0 heterocycles. The van der Waals surface area contributed by atoms with Crippen molar-refractivity contribution in [1.29, 1.82) is 0 Å². The lowest BCUT2D eigenvalue weighted by molar-refractivity contribution is -0.148. The molecule has 4 aliphatic carbocycles. The first-order valence-electron chi connectivity index (χ1n) is 5.71. The molecule has 0 saturated heterocycles. The number of fused-ring (bicyclic) bond motifs is 1. The Morgan fingerprint density at radius 3 is 2.57 bits per heavy atom. The van der Waals surface area contributed by atoms with Crippen molar-refractivity contribution in [3.05, 3.63) is 0 Å². The van der Waals surface area contributed by atoms with Crippen LogP contribution in [0.5, 0.6) is 0 Å². The Balaban J connectivity index is 1.87. The molecule has 0 amide bonds. The number of aliphatic carboxylic acids is 1. The van der Waals surface area contributed by atoms with Crippen LogP contribution in [-0.2, 0) is 4.79 Å². The molecule has 2 nitrogen and oxygen atoms in total. The molecule has 1 spiro atoms. The van der Waals surface area contributed by atoms with Crippen LogP contribution < -0.4 is 0 Å². The molecule has 4 aliphatic rings. The first-order valence-corrected chi connectivity index (χ1v) is 5.71. The van der Waals surface area contributed by atoms with Crippen molar-refractivity contribution < 1.29 is 9.90 Å². The van der Waals surface area contributed by atoms with E-state index in [0.717, 1.165) is 12.3 Å². The smallest absolute Gasteiger partial charge is 0.307 e. The molecular formula is C12H18O2. The summed E-state index contributed by atoms with van der Waals surface area (Å²) in [6, 6.07) is 0. The van der Waals surface area contributed by atoms with Crippen LogP contribution >= 0.6 is 0 Å². The van der Waals surface area contributed by atoms with E-state index in [1.807, 2.05) is 0 Å². The predicted molar refractivity (Wildman–Crippen MR) is 52.8 cm³/mol. The monoisotopic (exact) mass is 194 g/mol. The topological polar surface area (TPSA) is 37.3 Å². The highest BCUT2D eigenvalue weighted by atomic mass is 16.4. The normalized spacial score (nSPS) is 52.6. The second-order valence-electron chi connectivity index (χ2n) is 6.17. The SMILES string of the molecule is CC1(C)C2CCC3(CC3C(=O)O)C1C2. The van der Waals surface area contributed by atoms with Crippen molar-refractivity contribution in [3.8, 4) is 0 Å². The van der Waals surface area contributed by atoms with E-state index in [4.69, 9.17) is 5.11 Å². The number of hydrogen-bond donors (Lipinski definition) is 1. The molecule has 4 rings (SSSR count). The maximum absolute atomic E-state index is 11.0. The van der Waals surface area contributed by atoms with Crippen LogP contribution in [0.25, 0.3) is 0 Å². The Labute approximate surface area is 84.7 Å². The van der Waals surface area contributed by atoms with Crippen LogP contribution in [-0.4, -0.2) is 11.1 Å². The van der Waals surface area contributed by atoms with Gasteiger partial charge in [0, 0.05) is 0 Å². The van der Waals surface area contributed by atoms with Crippen LogP contribution in [0.15, 0.2) is 0 Å². The zero-order chi connectivity index (χ0) is 10.1. The summed E-state index contributed by atoms with van der Waals surface area (Å²) in [5.74, 6) is 1.03. The zero-order valence-electron chi connectivity index (χ0n) is 8.92. The molecule has 0 radical (unpaired) electrons. The fraction of sp³-hybridized carbons (Fsp3) is 0.917. The lowest BCUT2D eigenvalue weighted by Crippen LogP contribution is -2.54. The lowest BCUT2D eigenvalue weighted by Gasteiger charge is -2.61. The Hall–Kier alpha value is -0.530. The van der Waals surface area contributed by atoms with Crippen LogP contribution in [0.3, 0.4) is 0 Å². The molecule has 4 saturated carbocycles. The summed E-state index contributed by atoms with van der Waals surface area (Å²) in [4.78, 5) is 11.0. The van der Waals surface area contributed by atoms with Crippen LogP contribution in [0.4, 0.5) is 0 Å². The van der Waals surface area contributed by atoms with E-state index in [9.17, 15) is 4.79 Å². The maximum Gasteiger partial charge on any atom is 0.307 e. The van der Waals surface area contributed by atoms with Gasteiger partial charge in [-0.2, -0.15) is 0 Å². The quantitative estimate of drug-likeness (QED) is 0.696. The second-order valence-corrected chi connectivity index (χ2v) is 6.17. The highest BCUT2D eigenvalue weighted by Gasteiger charge is 2.72. The summed E-state index contributed by atoms with van der Waals surface area (Å²) in [6.07, 6.45) is 4.72. The Morgan fingerprint density at radius 1 is 1.43 bits per heavy atom. The van der Waals surface area contributed by atoms with Crippen LogP contribution in [0, 0.1) is 28.6 Å². The predicted octanol–water partition coefficient (Wildman–Crippen LogP) is 2.53. The molecule has 2 heteroatoms. The number of rotatable bonds is 1. The van der Waals surface area contributed by atoms with Gasteiger partial charge in [-0.25, -0.2) is 0 Å². The van der Waals surface area contributed by atoms with Gasteiger partial charge in [0.1, 0.15) is 0 Å². The van der Waals surface area contributed by atoms with Crippen molar-refractivity contribution in [2.45, 2.75) is 39.5 Å². The molecule has 2 bridgehead atoms. The first-order chi connectivity index (χ1) is 6.48. The highest BCUT2D eigenvalue weighted by Crippen LogP contribution is 2.76. The van der Waals surface area contributed by atoms with E-state index in [1.54, 1.807) is 0 Å². The standard InChI is InChI=1S/C12H18O2/c1-11(2)7-3-4-12(9(11)5-7)6-8(12)10(13)14/h7-9H,3-6H2,1-2H3,(H,13,14). The Kier molecular flexibility index (Phi) is 1.36. The largest absolute Gasteiger partial charge is 0.481 e. The van der Waals surface area contributed by atoms with Crippen molar-refractivity contribution in [2.24, 2.45) is 28.6 Å². The highest BCUT2D eigenvalue weighted by molar-refractivity contribution is 5.75.